The van der Waals surface area contributed by atoms with Gasteiger partial charge in [0.25, 0.3) is 0 Å². The molecule has 3 nitrogen and oxygen atoms in total. The topological polar surface area (TPSA) is 46.5 Å². The second-order valence-electron chi connectivity index (χ2n) is 3.16. The molecular weight excluding hydrogens is 163 g/mol. The van der Waals surface area contributed by atoms with Gasteiger partial charge in [0.2, 0.25) is 6.29 Å². The summed E-state index contributed by atoms with van der Waals surface area (Å²) in [5.74, 6) is -1.68. The summed E-state index contributed by atoms with van der Waals surface area (Å²) >= 11 is 0. The fourth-order valence-corrected chi connectivity index (χ4v) is 1.54. The smallest absolute Gasteiger partial charge is 0.343 e. The molecule has 0 bridgehead atoms. The van der Waals surface area contributed by atoms with Gasteiger partial charge >= 0.3 is 5.97 Å². The lowest BCUT2D eigenvalue weighted by molar-refractivity contribution is -0.207. The average Bonchev–Trinajstić information content (AvgIpc) is 2.01. The number of carbonyl (C=O) groups excluding carboxylic acids is 1. The SMILES string of the molecule is CC[C@H]1C(O)OC(=O)[C@H](F)[C@@H]1C. The van der Waals surface area contributed by atoms with Gasteiger partial charge in [-0.25, -0.2) is 9.18 Å². The highest BCUT2D eigenvalue weighted by Crippen LogP contribution is 2.30. The van der Waals surface area contributed by atoms with Crippen LogP contribution in [0.5, 0.6) is 0 Å². The maximum Gasteiger partial charge on any atom is 0.343 e. The van der Waals surface area contributed by atoms with E-state index >= 15 is 0 Å². The normalized spacial score (nSPS) is 42.5. The lowest BCUT2D eigenvalue weighted by atomic mass is 9.85. The van der Waals surface area contributed by atoms with E-state index < -0.39 is 24.3 Å². The van der Waals surface area contributed by atoms with E-state index in [1.165, 1.54) is 0 Å². The molecule has 0 spiro atoms. The summed E-state index contributed by atoms with van der Waals surface area (Å²) in [5, 5.41) is 9.22. The zero-order valence-electron chi connectivity index (χ0n) is 7.16. The molecule has 0 aromatic carbocycles. The third-order valence-electron chi connectivity index (χ3n) is 2.44. The van der Waals surface area contributed by atoms with Crippen LogP contribution in [-0.2, 0) is 9.53 Å². The number of aliphatic hydroxyl groups excluding tert-OH is 1. The number of carbonyl (C=O) groups is 1. The predicted molar refractivity (Wildman–Crippen MR) is 39.9 cm³/mol. The molecule has 1 N–H and O–H groups in total. The van der Waals surface area contributed by atoms with Crippen molar-refractivity contribution in [3.63, 3.8) is 0 Å². The molecule has 0 aromatic heterocycles. The fraction of sp³-hybridized carbons (Fsp3) is 0.875. The van der Waals surface area contributed by atoms with Crippen molar-refractivity contribution in [1.82, 2.24) is 0 Å². The molecule has 1 heterocycles. The predicted octanol–water partition coefficient (Wildman–Crippen LogP) is 0.862. The van der Waals surface area contributed by atoms with Gasteiger partial charge in [0.15, 0.2) is 6.17 Å². The number of cyclic esters (lactones) is 1. The number of ether oxygens (including phenoxy) is 1. The van der Waals surface area contributed by atoms with Gasteiger partial charge in [-0.1, -0.05) is 13.8 Å². The molecule has 1 saturated heterocycles. The number of alkyl halides is 1. The number of hydrogen-bond acceptors (Lipinski definition) is 3. The second-order valence-corrected chi connectivity index (χ2v) is 3.16. The molecular formula is C8H13FO3. The Balaban J connectivity index is 2.72. The number of esters is 1. The van der Waals surface area contributed by atoms with Crippen LogP contribution in [0, 0.1) is 11.8 Å². The van der Waals surface area contributed by atoms with Crippen LogP contribution in [0.1, 0.15) is 20.3 Å². The van der Waals surface area contributed by atoms with Gasteiger partial charge in [0.1, 0.15) is 0 Å². The van der Waals surface area contributed by atoms with Gasteiger partial charge in [-0.2, -0.15) is 0 Å². The van der Waals surface area contributed by atoms with Crippen LogP contribution in [0.4, 0.5) is 4.39 Å². The standard InChI is InChI=1S/C8H13FO3/c1-3-5-4(2)6(9)8(11)12-7(5)10/h4-7,10H,3H2,1-2H3/t4-,5-,6-,7?/m1/s1. The Kier molecular flexibility index (Phi) is 2.67. The Morgan fingerprint density at radius 2 is 2.25 bits per heavy atom. The van der Waals surface area contributed by atoms with Gasteiger partial charge in [0.05, 0.1) is 0 Å². The molecule has 4 atom stereocenters. The highest BCUT2D eigenvalue weighted by atomic mass is 19.1. The third kappa shape index (κ3) is 1.43. The molecule has 1 rings (SSSR count). The largest absolute Gasteiger partial charge is 0.433 e. The molecule has 1 aliphatic rings. The van der Waals surface area contributed by atoms with Gasteiger partial charge in [-0.15, -0.1) is 0 Å². The van der Waals surface area contributed by atoms with Crippen molar-refractivity contribution in [3.05, 3.63) is 0 Å². The van der Waals surface area contributed by atoms with E-state index in [2.05, 4.69) is 4.74 Å². The third-order valence-corrected chi connectivity index (χ3v) is 2.44. The van der Waals surface area contributed by atoms with Crippen LogP contribution in [0.15, 0.2) is 0 Å². The Labute approximate surface area is 70.5 Å². The number of halogens is 1. The van der Waals surface area contributed by atoms with Crippen LogP contribution >= 0.6 is 0 Å². The van der Waals surface area contributed by atoms with E-state index in [-0.39, 0.29) is 5.92 Å². The zero-order valence-corrected chi connectivity index (χ0v) is 7.16. The van der Waals surface area contributed by atoms with Crippen LogP contribution in [0.25, 0.3) is 0 Å². The first-order chi connectivity index (χ1) is 5.57. The van der Waals surface area contributed by atoms with Crippen LogP contribution in [0.2, 0.25) is 0 Å². The molecule has 1 aliphatic heterocycles. The van der Waals surface area contributed by atoms with Gasteiger partial charge in [-0.3, -0.25) is 0 Å². The van der Waals surface area contributed by atoms with Crippen molar-refractivity contribution >= 4 is 5.97 Å². The van der Waals surface area contributed by atoms with E-state index in [0.717, 1.165) is 0 Å². The van der Waals surface area contributed by atoms with Crippen molar-refractivity contribution in [1.29, 1.82) is 0 Å². The molecule has 0 amide bonds. The molecule has 0 radical (unpaired) electrons. The number of aliphatic hydroxyl groups is 1. The summed E-state index contributed by atoms with van der Waals surface area (Å²) < 4.78 is 17.4. The molecule has 4 heteroatoms. The minimum Gasteiger partial charge on any atom is -0.433 e. The summed E-state index contributed by atoms with van der Waals surface area (Å²) in [5.41, 5.74) is 0. The van der Waals surface area contributed by atoms with Gasteiger partial charge in [0, 0.05) is 11.8 Å². The van der Waals surface area contributed by atoms with Crippen LogP contribution in [0.3, 0.4) is 0 Å². The zero-order chi connectivity index (χ0) is 9.30. The second kappa shape index (κ2) is 3.39. The molecule has 1 fully saturated rings. The lowest BCUT2D eigenvalue weighted by Gasteiger charge is -2.33. The first kappa shape index (κ1) is 9.45. The monoisotopic (exact) mass is 176 g/mol. The quantitative estimate of drug-likeness (QED) is 0.603. The summed E-state index contributed by atoms with van der Waals surface area (Å²) in [6, 6.07) is 0. The van der Waals surface area contributed by atoms with Crippen molar-refractivity contribution < 1.29 is 19.0 Å². The fourth-order valence-electron chi connectivity index (χ4n) is 1.54. The summed E-state index contributed by atoms with van der Waals surface area (Å²) in [7, 11) is 0. The first-order valence-electron chi connectivity index (χ1n) is 4.10. The highest BCUT2D eigenvalue weighted by Gasteiger charge is 2.42. The minimum absolute atomic E-state index is 0.280. The molecule has 1 unspecified atom stereocenters. The minimum atomic E-state index is -1.58. The van der Waals surface area contributed by atoms with E-state index in [1.807, 2.05) is 6.92 Å². The Morgan fingerprint density at radius 3 is 2.75 bits per heavy atom. The number of rotatable bonds is 1. The molecule has 0 saturated carbocycles. The maximum atomic E-state index is 13.0. The lowest BCUT2D eigenvalue weighted by Crippen LogP contribution is -2.45. The maximum absolute atomic E-state index is 13.0. The summed E-state index contributed by atoms with van der Waals surface area (Å²) in [6.45, 7) is 3.44. The Bertz CT molecular complexity index is 183. The first-order valence-corrected chi connectivity index (χ1v) is 4.10. The van der Waals surface area contributed by atoms with Crippen molar-refractivity contribution in [2.24, 2.45) is 11.8 Å². The van der Waals surface area contributed by atoms with E-state index in [4.69, 9.17) is 0 Å². The van der Waals surface area contributed by atoms with Crippen molar-refractivity contribution in [2.45, 2.75) is 32.7 Å². The van der Waals surface area contributed by atoms with Gasteiger partial charge < -0.3 is 9.84 Å². The van der Waals surface area contributed by atoms with Crippen molar-refractivity contribution in [2.75, 3.05) is 0 Å². The molecule has 70 valence electrons. The van der Waals surface area contributed by atoms with E-state index in [9.17, 15) is 14.3 Å². The molecule has 0 aromatic rings. The van der Waals surface area contributed by atoms with Crippen LogP contribution in [-0.4, -0.2) is 23.5 Å². The van der Waals surface area contributed by atoms with Crippen LogP contribution < -0.4 is 0 Å². The van der Waals surface area contributed by atoms with E-state index in [1.54, 1.807) is 6.92 Å². The Morgan fingerprint density at radius 1 is 1.67 bits per heavy atom. The molecule has 0 aliphatic carbocycles. The van der Waals surface area contributed by atoms with E-state index in [0.29, 0.717) is 6.42 Å². The summed E-state index contributed by atoms with van der Waals surface area (Å²) in [6.07, 6.45) is -2.11. The Hall–Kier alpha value is -0.640. The molecule has 12 heavy (non-hydrogen) atoms. The number of hydrogen-bond donors (Lipinski definition) is 1. The van der Waals surface area contributed by atoms with Gasteiger partial charge in [-0.05, 0) is 6.42 Å². The average molecular weight is 176 g/mol. The summed E-state index contributed by atoms with van der Waals surface area (Å²) in [4.78, 5) is 10.7. The highest BCUT2D eigenvalue weighted by molar-refractivity contribution is 5.75. The van der Waals surface area contributed by atoms with Crippen molar-refractivity contribution in [3.8, 4) is 0 Å².